The van der Waals surface area contributed by atoms with Gasteiger partial charge in [0.1, 0.15) is 11.5 Å². The first kappa shape index (κ1) is 20.7. The van der Waals surface area contributed by atoms with Crippen molar-refractivity contribution in [1.82, 2.24) is 4.31 Å². The van der Waals surface area contributed by atoms with Gasteiger partial charge in [0.2, 0.25) is 10.0 Å². The Kier molecular flexibility index (Phi) is 6.45. The third kappa shape index (κ3) is 4.58. The Labute approximate surface area is 160 Å². The standard InChI is InChI=1S/C19H24N2O5S/c1-13(2)21(3)27(23,24)16-9-6-14(7-10-16)20-19(22)17-11-8-15(25-4)12-18(17)26-5/h6-13H,1-5H3,(H,20,22). The van der Waals surface area contributed by atoms with Crippen LogP contribution < -0.4 is 14.8 Å². The molecule has 1 N–H and O–H groups in total. The molecule has 7 nitrogen and oxygen atoms in total. The second-order valence-electron chi connectivity index (χ2n) is 6.16. The minimum atomic E-state index is -3.57. The zero-order chi connectivity index (χ0) is 20.2. The summed E-state index contributed by atoms with van der Waals surface area (Å²) < 4.78 is 36.6. The van der Waals surface area contributed by atoms with Crippen LogP contribution in [0, 0.1) is 0 Å². The second-order valence-corrected chi connectivity index (χ2v) is 8.16. The van der Waals surface area contributed by atoms with E-state index in [1.807, 2.05) is 0 Å². The monoisotopic (exact) mass is 392 g/mol. The maximum Gasteiger partial charge on any atom is 0.259 e. The first-order valence-corrected chi connectivity index (χ1v) is 9.76. The first-order valence-electron chi connectivity index (χ1n) is 8.32. The number of nitrogens with one attached hydrogen (secondary N) is 1. The topological polar surface area (TPSA) is 84.9 Å². The number of hydrogen-bond acceptors (Lipinski definition) is 5. The number of sulfonamides is 1. The van der Waals surface area contributed by atoms with Gasteiger partial charge in [-0.2, -0.15) is 4.31 Å². The second kappa shape index (κ2) is 8.41. The number of rotatable bonds is 7. The molecular formula is C19H24N2O5S. The van der Waals surface area contributed by atoms with Crippen LogP contribution in [0.1, 0.15) is 24.2 Å². The molecule has 0 saturated carbocycles. The van der Waals surface area contributed by atoms with E-state index in [-0.39, 0.29) is 16.8 Å². The minimum Gasteiger partial charge on any atom is -0.497 e. The molecule has 0 fully saturated rings. The molecule has 0 aliphatic carbocycles. The molecule has 0 bridgehead atoms. The van der Waals surface area contributed by atoms with Crippen LogP contribution >= 0.6 is 0 Å². The Hall–Kier alpha value is -2.58. The molecule has 0 unspecified atom stereocenters. The molecule has 0 atom stereocenters. The predicted octanol–water partition coefficient (Wildman–Crippen LogP) is 2.99. The number of amides is 1. The number of ether oxygens (including phenoxy) is 2. The van der Waals surface area contributed by atoms with E-state index in [1.165, 1.54) is 37.7 Å². The van der Waals surface area contributed by atoms with E-state index in [9.17, 15) is 13.2 Å². The maximum atomic E-state index is 12.5. The molecule has 0 aromatic heterocycles. The van der Waals surface area contributed by atoms with E-state index in [0.29, 0.717) is 22.7 Å². The van der Waals surface area contributed by atoms with Crippen molar-refractivity contribution in [3.63, 3.8) is 0 Å². The summed E-state index contributed by atoms with van der Waals surface area (Å²) in [6.45, 7) is 3.60. The largest absolute Gasteiger partial charge is 0.497 e. The van der Waals surface area contributed by atoms with Crippen molar-refractivity contribution in [3.05, 3.63) is 48.0 Å². The Bertz CT molecular complexity index is 908. The van der Waals surface area contributed by atoms with Crippen LogP contribution in [-0.2, 0) is 10.0 Å². The molecule has 0 aliphatic heterocycles. The summed E-state index contributed by atoms with van der Waals surface area (Å²) in [5.41, 5.74) is 0.818. The summed E-state index contributed by atoms with van der Waals surface area (Å²) in [5.74, 6) is 0.584. The van der Waals surface area contributed by atoms with E-state index < -0.39 is 10.0 Å². The highest BCUT2D eigenvalue weighted by molar-refractivity contribution is 7.89. The first-order chi connectivity index (χ1) is 12.7. The van der Waals surface area contributed by atoms with Gasteiger partial charge >= 0.3 is 0 Å². The summed E-state index contributed by atoms with van der Waals surface area (Å²) >= 11 is 0. The molecule has 1 amide bonds. The Morgan fingerprint density at radius 3 is 2.19 bits per heavy atom. The van der Waals surface area contributed by atoms with Crippen molar-refractivity contribution >= 4 is 21.6 Å². The van der Waals surface area contributed by atoms with Gasteiger partial charge in [0, 0.05) is 24.8 Å². The summed E-state index contributed by atoms with van der Waals surface area (Å²) in [4.78, 5) is 12.7. The SMILES string of the molecule is COc1ccc(C(=O)Nc2ccc(S(=O)(=O)N(C)C(C)C)cc2)c(OC)c1. The third-order valence-corrected chi connectivity index (χ3v) is 6.22. The lowest BCUT2D eigenvalue weighted by atomic mass is 10.1. The lowest BCUT2D eigenvalue weighted by Gasteiger charge is -2.21. The highest BCUT2D eigenvalue weighted by atomic mass is 32.2. The quantitative estimate of drug-likeness (QED) is 0.783. The van der Waals surface area contributed by atoms with Crippen molar-refractivity contribution in [1.29, 1.82) is 0 Å². The smallest absolute Gasteiger partial charge is 0.259 e. The summed E-state index contributed by atoms with van der Waals surface area (Å²) in [5, 5.41) is 2.73. The van der Waals surface area contributed by atoms with Crippen LogP contribution in [0.4, 0.5) is 5.69 Å². The van der Waals surface area contributed by atoms with Crippen molar-refractivity contribution in [3.8, 4) is 11.5 Å². The molecule has 2 rings (SSSR count). The number of carbonyl (C=O) groups is 1. The number of anilines is 1. The fourth-order valence-corrected chi connectivity index (χ4v) is 3.71. The van der Waals surface area contributed by atoms with Gasteiger partial charge < -0.3 is 14.8 Å². The van der Waals surface area contributed by atoms with Crippen molar-refractivity contribution < 1.29 is 22.7 Å². The molecule has 0 spiro atoms. The zero-order valence-corrected chi connectivity index (χ0v) is 16.8. The van der Waals surface area contributed by atoms with Crippen LogP contribution in [-0.4, -0.2) is 45.9 Å². The average molecular weight is 392 g/mol. The third-order valence-electron chi connectivity index (χ3n) is 4.17. The van der Waals surface area contributed by atoms with E-state index >= 15 is 0 Å². The summed E-state index contributed by atoms with van der Waals surface area (Å²) in [6.07, 6.45) is 0. The van der Waals surface area contributed by atoms with Gasteiger partial charge in [0.05, 0.1) is 24.7 Å². The van der Waals surface area contributed by atoms with Crippen LogP contribution in [0.2, 0.25) is 0 Å². The normalized spacial score (nSPS) is 11.5. The lowest BCUT2D eigenvalue weighted by molar-refractivity contribution is 0.102. The predicted molar refractivity (Wildman–Crippen MR) is 104 cm³/mol. The van der Waals surface area contributed by atoms with Crippen molar-refractivity contribution in [2.45, 2.75) is 24.8 Å². The van der Waals surface area contributed by atoms with Gasteiger partial charge in [-0.15, -0.1) is 0 Å². The van der Waals surface area contributed by atoms with Gasteiger partial charge in [0.25, 0.3) is 5.91 Å². The number of benzene rings is 2. The Morgan fingerprint density at radius 1 is 1.04 bits per heavy atom. The average Bonchev–Trinajstić information content (AvgIpc) is 2.66. The molecule has 27 heavy (non-hydrogen) atoms. The highest BCUT2D eigenvalue weighted by Crippen LogP contribution is 2.26. The molecule has 0 aliphatic rings. The van der Waals surface area contributed by atoms with Gasteiger partial charge in [-0.3, -0.25) is 4.79 Å². The van der Waals surface area contributed by atoms with Gasteiger partial charge in [-0.05, 0) is 50.2 Å². The molecule has 2 aromatic rings. The molecule has 8 heteroatoms. The van der Waals surface area contributed by atoms with Gasteiger partial charge in [0.15, 0.2) is 0 Å². The molecule has 0 radical (unpaired) electrons. The van der Waals surface area contributed by atoms with Crippen LogP contribution in [0.25, 0.3) is 0 Å². The van der Waals surface area contributed by atoms with Crippen LogP contribution in [0.15, 0.2) is 47.4 Å². The lowest BCUT2D eigenvalue weighted by Crippen LogP contribution is -2.33. The summed E-state index contributed by atoms with van der Waals surface area (Å²) in [7, 11) is 0.963. The highest BCUT2D eigenvalue weighted by Gasteiger charge is 2.23. The number of hydrogen-bond donors (Lipinski definition) is 1. The van der Waals surface area contributed by atoms with Crippen LogP contribution in [0.3, 0.4) is 0 Å². The van der Waals surface area contributed by atoms with Crippen LogP contribution in [0.5, 0.6) is 11.5 Å². The maximum absolute atomic E-state index is 12.5. The van der Waals surface area contributed by atoms with E-state index in [0.717, 1.165) is 0 Å². The Balaban J connectivity index is 2.21. The molecule has 2 aromatic carbocycles. The van der Waals surface area contributed by atoms with E-state index in [2.05, 4.69) is 5.32 Å². The van der Waals surface area contributed by atoms with Crippen molar-refractivity contribution in [2.75, 3.05) is 26.6 Å². The van der Waals surface area contributed by atoms with Gasteiger partial charge in [-0.1, -0.05) is 0 Å². The minimum absolute atomic E-state index is 0.156. The number of nitrogens with zero attached hydrogens (tertiary/aromatic N) is 1. The van der Waals surface area contributed by atoms with E-state index in [1.54, 1.807) is 44.2 Å². The number of methoxy groups -OCH3 is 2. The number of carbonyl (C=O) groups excluding carboxylic acids is 1. The zero-order valence-electron chi connectivity index (χ0n) is 16.0. The molecule has 146 valence electrons. The molecular weight excluding hydrogens is 368 g/mol. The summed E-state index contributed by atoms with van der Waals surface area (Å²) in [6, 6.07) is 10.8. The molecule has 0 heterocycles. The molecule has 0 saturated heterocycles. The van der Waals surface area contributed by atoms with Gasteiger partial charge in [-0.25, -0.2) is 8.42 Å². The Morgan fingerprint density at radius 2 is 1.67 bits per heavy atom. The van der Waals surface area contributed by atoms with Crippen molar-refractivity contribution in [2.24, 2.45) is 0 Å². The van der Waals surface area contributed by atoms with E-state index in [4.69, 9.17) is 9.47 Å². The fraction of sp³-hybridized carbons (Fsp3) is 0.316. The fourth-order valence-electron chi connectivity index (χ4n) is 2.34.